The Morgan fingerprint density at radius 3 is 2.14 bits per heavy atom. The number of rotatable bonds is 7. The number of nitriles is 1. The summed E-state index contributed by atoms with van der Waals surface area (Å²) in [6.07, 6.45) is 0.0529. The number of hydrogen-bond acceptors (Lipinski definition) is 5. The molecular weight excluding hydrogens is 294 g/mol. The lowest BCUT2D eigenvalue weighted by Crippen LogP contribution is -2.47. The van der Waals surface area contributed by atoms with Crippen LogP contribution < -0.4 is 4.74 Å². The minimum atomic E-state index is -0.170. The summed E-state index contributed by atoms with van der Waals surface area (Å²) in [5.74, 6) is 1.24. The van der Waals surface area contributed by atoms with Crippen LogP contribution in [0.1, 0.15) is 25.3 Å². The number of ether oxygens (including phenoxy) is 1. The molecule has 1 unspecified atom stereocenters. The van der Waals surface area contributed by atoms with Crippen molar-refractivity contribution in [2.45, 2.75) is 36.1 Å². The van der Waals surface area contributed by atoms with Gasteiger partial charge in [-0.2, -0.15) is 5.26 Å². The molecule has 4 nitrogen and oxygen atoms in total. The summed E-state index contributed by atoms with van der Waals surface area (Å²) in [5.41, 5.74) is 1.22. The normalized spacial score (nSPS) is 13.0. The predicted molar refractivity (Wildman–Crippen MR) is 93.5 cm³/mol. The second-order valence-electron chi connectivity index (χ2n) is 6.07. The Hall–Kier alpha value is -1.22. The van der Waals surface area contributed by atoms with Crippen LogP contribution in [-0.4, -0.2) is 56.5 Å². The maximum absolute atomic E-state index is 9.64. The standard InChI is InChI=1S/C17H27N3OS/c1-12(2)14-10-13(21-7)8-9-15(14)22-16(11-18)17(19(3)4)20(5)6/h8-10,12,16-17H,1-7H3. The lowest BCUT2D eigenvalue weighted by molar-refractivity contribution is 0.138. The first-order chi connectivity index (χ1) is 10.3. The number of methoxy groups -OCH3 is 1. The van der Waals surface area contributed by atoms with Crippen molar-refractivity contribution in [1.82, 2.24) is 9.80 Å². The summed E-state index contributed by atoms with van der Waals surface area (Å²) in [6, 6.07) is 8.55. The first kappa shape index (κ1) is 18.8. The van der Waals surface area contributed by atoms with Gasteiger partial charge in [0.15, 0.2) is 0 Å². The van der Waals surface area contributed by atoms with E-state index in [1.807, 2.05) is 34.3 Å². The van der Waals surface area contributed by atoms with Crippen molar-refractivity contribution < 1.29 is 4.74 Å². The highest BCUT2D eigenvalue weighted by Crippen LogP contribution is 2.35. The van der Waals surface area contributed by atoms with Crippen LogP contribution in [0.25, 0.3) is 0 Å². The van der Waals surface area contributed by atoms with Gasteiger partial charge in [0.25, 0.3) is 0 Å². The Balaban J connectivity index is 3.13. The third-order valence-corrected chi connectivity index (χ3v) is 4.78. The SMILES string of the molecule is COc1ccc(SC(C#N)C(N(C)C)N(C)C)c(C(C)C)c1. The van der Waals surface area contributed by atoms with E-state index in [9.17, 15) is 5.26 Å². The molecule has 1 atom stereocenters. The molecule has 0 saturated heterocycles. The fraction of sp³-hybridized carbons (Fsp3) is 0.588. The summed E-state index contributed by atoms with van der Waals surface area (Å²) in [5, 5.41) is 9.47. The molecule has 0 aliphatic rings. The van der Waals surface area contributed by atoms with Crippen molar-refractivity contribution in [2.75, 3.05) is 35.3 Å². The van der Waals surface area contributed by atoms with Gasteiger partial charge in [0, 0.05) is 4.90 Å². The second kappa shape index (κ2) is 8.42. The van der Waals surface area contributed by atoms with Gasteiger partial charge in [0.1, 0.15) is 11.0 Å². The summed E-state index contributed by atoms with van der Waals surface area (Å²) in [6.45, 7) is 4.32. The first-order valence-corrected chi connectivity index (χ1v) is 8.26. The molecule has 5 heteroatoms. The molecule has 0 aromatic heterocycles. The average molecular weight is 321 g/mol. The molecular formula is C17H27N3OS. The fourth-order valence-corrected chi connectivity index (χ4v) is 4.02. The van der Waals surface area contributed by atoms with Crippen LogP contribution in [0.2, 0.25) is 0 Å². The largest absolute Gasteiger partial charge is 0.497 e. The fourth-order valence-electron chi connectivity index (χ4n) is 2.51. The molecule has 0 aliphatic heterocycles. The zero-order chi connectivity index (χ0) is 16.9. The zero-order valence-corrected chi connectivity index (χ0v) is 15.4. The third kappa shape index (κ3) is 4.64. The molecule has 122 valence electrons. The van der Waals surface area contributed by atoms with Gasteiger partial charge in [-0.1, -0.05) is 13.8 Å². The summed E-state index contributed by atoms with van der Waals surface area (Å²) < 4.78 is 5.32. The maximum atomic E-state index is 9.64. The Kier molecular flexibility index (Phi) is 7.21. The van der Waals surface area contributed by atoms with E-state index >= 15 is 0 Å². The first-order valence-electron chi connectivity index (χ1n) is 7.38. The van der Waals surface area contributed by atoms with E-state index in [4.69, 9.17) is 4.74 Å². The monoisotopic (exact) mass is 321 g/mol. The van der Waals surface area contributed by atoms with Crippen LogP contribution in [0, 0.1) is 11.3 Å². The number of nitrogens with zero attached hydrogens (tertiary/aromatic N) is 3. The molecule has 0 saturated carbocycles. The molecule has 0 radical (unpaired) electrons. The topological polar surface area (TPSA) is 39.5 Å². The molecule has 0 aliphatic carbocycles. The van der Waals surface area contributed by atoms with E-state index in [1.165, 1.54) is 5.56 Å². The highest BCUT2D eigenvalue weighted by atomic mass is 32.2. The van der Waals surface area contributed by atoms with Crippen LogP contribution in [0.5, 0.6) is 5.75 Å². The molecule has 22 heavy (non-hydrogen) atoms. The van der Waals surface area contributed by atoms with Gasteiger partial charge >= 0.3 is 0 Å². The quantitative estimate of drug-likeness (QED) is 0.569. The van der Waals surface area contributed by atoms with Gasteiger partial charge in [-0.3, -0.25) is 9.80 Å². The van der Waals surface area contributed by atoms with E-state index < -0.39 is 0 Å². The summed E-state index contributed by atoms with van der Waals surface area (Å²) in [4.78, 5) is 5.31. The van der Waals surface area contributed by atoms with Gasteiger partial charge in [0.2, 0.25) is 0 Å². The van der Waals surface area contributed by atoms with Crippen LogP contribution in [0.4, 0.5) is 0 Å². The van der Waals surface area contributed by atoms with Gasteiger partial charge in [-0.25, -0.2) is 0 Å². The third-order valence-electron chi connectivity index (χ3n) is 3.55. The number of hydrogen-bond donors (Lipinski definition) is 0. The van der Waals surface area contributed by atoms with Crippen molar-refractivity contribution in [2.24, 2.45) is 0 Å². The predicted octanol–water partition coefficient (Wildman–Crippen LogP) is 3.25. The number of thioether (sulfide) groups is 1. The molecule has 0 bridgehead atoms. The van der Waals surface area contributed by atoms with Gasteiger partial charge in [-0.05, 0) is 57.9 Å². The van der Waals surface area contributed by atoms with Gasteiger partial charge in [-0.15, -0.1) is 11.8 Å². The van der Waals surface area contributed by atoms with E-state index in [0.717, 1.165) is 10.6 Å². The lowest BCUT2D eigenvalue weighted by Gasteiger charge is -2.33. The molecule has 1 aromatic rings. The van der Waals surface area contributed by atoms with Gasteiger partial charge < -0.3 is 4.74 Å². The Labute approximate surface area is 139 Å². The average Bonchev–Trinajstić information content (AvgIpc) is 2.45. The van der Waals surface area contributed by atoms with Crippen molar-refractivity contribution in [3.8, 4) is 11.8 Å². The van der Waals surface area contributed by atoms with Crippen LogP contribution >= 0.6 is 11.8 Å². The van der Waals surface area contributed by atoms with Crippen molar-refractivity contribution in [3.05, 3.63) is 23.8 Å². The second-order valence-corrected chi connectivity index (χ2v) is 7.25. The molecule has 1 aromatic carbocycles. The van der Waals surface area contributed by atoms with Crippen molar-refractivity contribution in [3.63, 3.8) is 0 Å². The highest BCUT2D eigenvalue weighted by molar-refractivity contribution is 8.00. The zero-order valence-electron chi connectivity index (χ0n) is 14.6. The molecule has 0 N–H and O–H groups in total. The maximum Gasteiger partial charge on any atom is 0.125 e. The molecule has 0 fully saturated rings. The molecule has 0 heterocycles. The van der Waals surface area contributed by atoms with E-state index in [2.05, 4.69) is 41.8 Å². The summed E-state index contributed by atoms with van der Waals surface area (Å²) >= 11 is 1.63. The molecule has 0 spiro atoms. The Morgan fingerprint density at radius 1 is 1.14 bits per heavy atom. The van der Waals surface area contributed by atoms with Gasteiger partial charge in [0.05, 0.1) is 19.3 Å². The molecule has 0 amide bonds. The highest BCUT2D eigenvalue weighted by Gasteiger charge is 2.27. The van der Waals surface area contributed by atoms with Crippen LogP contribution in [0.3, 0.4) is 0 Å². The smallest absolute Gasteiger partial charge is 0.125 e. The summed E-state index contributed by atoms with van der Waals surface area (Å²) in [7, 11) is 9.71. The lowest BCUT2D eigenvalue weighted by atomic mass is 10.0. The molecule has 1 rings (SSSR count). The Bertz CT molecular complexity index is 515. The van der Waals surface area contributed by atoms with Crippen molar-refractivity contribution >= 4 is 11.8 Å². The van der Waals surface area contributed by atoms with E-state index in [-0.39, 0.29) is 11.4 Å². The minimum Gasteiger partial charge on any atom is -0.497 e. The van der Waals surface area contributed by atoms with E-state index in [1.54, 1.807) is 18.9 Å². The minimum absolute atomic E-state index is 0.0529. The van der Waals surface area contributed by atoms with Crippen LogP contribution in [-0.2, 0) is 0 Å². The Morgan fingerprint density at radius 2 is 1.73 bits per heavy atom. The van der Waals surface area contributed by atoms with E-state index in [0.29, 0.717) is 5.92 Å². The number of benzene rings is 1. The van der Waals surface area contributed by atoms with Crippen molar-refractivity contribution in [1.29, 1.82) is 5.26 Å². The van der Waals surface area contributed by atoms with Crippen LogP contribution in [0.15, 0.2) is 23.1 Å².